The van der Waals surface area contributed by atoms with E-state index in [1.165, 1.54) is 37.7 Å². The molecule has 0 bridgehead atoms. The Balaban J connectivity index is 1.52. The summed E-state index contributed by atoms with van der Waals surface area (Å²) >= 11 is 0. The number of amides is 1. The van der Waals surface area contributed by atoms with Gasteiger partial charge < -0.3 is 10.1 Å². The van der Waals surface area contributed by atoms with Crippen molar-refractivity contribution in [3.05, 3.63) is 84.2 Å². The van der Waals surface area contributed by atoms with Gasteiger partial charge in [-0.25, -0.2) is 8.42 Å². The Bertz CT molecular complexity index is 1170. The second-order valence-corrected chi connectivity index (χ2v) is 8.70. The van der Waals surface area contributed by atoms with E-state index in [2.05, 4.69) is 15.0 Å². The van der Waals surface area contributed by atoms with Gasteiger partial charge in [-0.15, -0.1) is 0 Å². The van der Waals surface area contributed by atoms with Crippen LogP contribution in [0, 0.1) is 0 Å². The fraction of sp³-hybridized carbons (Fsp3) is 0.182. The Hall–Kier alpha value is -3.39. The van der Waals surface area contributed by atoms with Crippen molar-refractivity contribution >= 4 is 21.6 Å². The average molecular weight is 423 g/mol. The molecule has 0 spiro atoms. The van der Waals surface area contributed by atoms with Crippen LogP contribution in [0.3, 0.4) is 0 Å². The Kier molecular flexibility index (Phi) is 5.41. The standard InChI is InChI=1S/C22H21N3O4S/c1-29-17-11-16(13-23-14-17)25-30(27,28)21-10-6-5-9-18(21)22(26)24-20-12-19(20)15-7-3-2-4-8-15/h2-11,13-14,19-20,25H,12H2,1H3,(H,24,26). The normalized spacial score (nSPS) is 17.8. The number of hydrogen-bond donors (Lipinski definition) is 2. The van der Waals surface area contributed by atoms with Crippen molar-refractivity contribution < 1.29 is 17.9 Å². The second kappa shape index (κ2) is 8.16. The van der Waals surface area contributed by atoms with E-state index in [0.29, 0.717) is 5.75 Å². The molecule has 1 heterocycles. The minimum Gasteiger partial charge on any atom is -0.495 e. The highest BCUT2D eigenvalue weighted by Crippen LogP contribution is 2.40. The van der Waals surface area contributed by atoms with Crippen molar-refractivity contribution in [1.29, 1.82) is 0 Å². The summed E-state index contributed by atoms with van der Waals surface area (Å²) in [6.45, 7) is 0. The van der Waals surface area contributed by atoms with Crippen LogP contribution in [0.1, 0.15) is 28.3 Å². The second-order valence-electron chi connectivity index (χ2n) is 7.05. The lowest BCUT2D eigenvalue weighted by Crippen LogP contribution is -2.29. The monoisotopic (exact) mass is 423 g/mol. The van der Waals surface area contributed by atoms with Gasteiger partial charge in [0.25, 0.3) is 15.9 Å². The van der Waals surface area contributed by atoms with Gasteiger partial charge in [0.2, 0.25) is 0 Å². The molecule has 1 aliphatic rings. The quantitative estimate of drug-likeness (QED) is 0.608. The number of carbonyl (C=O) groups is 1. The summed E-state index contributed by atoms with van der Waals surface area (Å²) in [4.78, 5) is 16.7. The molecule has 1 fully saturated rings. The summed E-state index contributed by atoms with van der Waals surface area (Å²) in [5.41, 5.74) is 1.51. The molecule has 2 unspecified atom stereocenters. The van der Waals surface area contributed by atoms with E-state index in [0.717, 1.165) is 12.0 Å². The van der Waals surface area contributed by atoms with Crippen molar-refractivity contribution in [3.63, 3.8) is 0 Å². The van der Waals surface area contributed by atoms with Crippen LogP contribution >= 0.6 is 0 Å². The number of ether oxygens (including phenoxy) is 1. The Morgan fingerprint density at radius 3 is 2.57 bits per heavy atom. The number of nitrogens with zero attached hydrogens (tertiary/aromatic N) is 1. The molecular weight excluding hydrogens is 402 g/mol. The first-order valence-corrected chi connectivity index (χ1v) is 10.9. The predicted octanol–water partition coefficient (Wildman–Crippen LogP) is 3.18. The third-order valence-electron chi connectivity index (χ3n) is 4.96. The van der Waals surface area contributed by atoms with E-state index < -0.39 is 15.9 Å². The molecule has 3 aromatic rings. The molecule has 2 aromatic carbocycles. The maximum absolute atomic E-state index is 13.0. The maximum Gasteiger partial charge on any atom is 0.262 e. The minimum absolute atomic E-state index is 0.00814. The summed E-state index contributed by atoms with van der Waals surface area (Å²) in [5.74, 6) is 0.255. The van der Waals surface area contributed by atoms with Crippen LogP contribution in [-0.4, -0.2) is 32.5 Å². The minimum atomic E-state index is -4.00. The van der Waals surface area contributed by atoms with E-state index in [1.807, 2.05) is 30.3 Å². The first-order valence-electron chi connectivity index (χ1n) is 9.44. The number of anilines is 1. The first kappa shape index (κ1) is 19.9. The summed E-state index contributed by atoms with van der Waals surface area (Å²) < 4.78 is 33.4. The molecule has 8 heteroatoms. The molecular formula is C22H21N3O4S. The van der Waals surface area contributed by atoms with Gasteiger partial charge >= 0.3 is 0 Å². The lowest BCUT2D eigenvalue weighted by molar-refractivity contribution is 0.0947. The number of aromatic nitrogens is 1. The molecule has 0 aliphatic heterocycles. The zero-order chi connectivity index (χ0) is 21.1. The van der Waals surface area contributed by atoms with Crippen LogP contribution in [0.25, 0.3) is 0 Å². The first-order chi connectivity index (χ1) is 14.5. The van der Waals surface area contributed by atoms with Crippen LogP contribution in [0.2, 0.25) is 0 Å². The van der Waals surface area contributed by atoms with Gasteiger partial charge in [0, 0.05) is 18.0 Å². The van der Waals surface area contributed by atoms with Gasteiger partial charge in [-0.1, -0.05) is 42.5 Å². The number of sulfonamides is 1. The van der Waals surface area contributed by atoms with Crippen molar-refractivity contribution in [2.24, 2.45) is 0 Å². The zero-order valence-corrected chi connectivity index (χ0v) is 17.1. The van der Waals surface area contributed by atoms with Crippen molar-refractivity contribution in [1.82, 2.24) is 10.3 Å². The van der Waals surface area contributed by atoms with E-state index in [4.69, 9.17) is 4.74 Å². The molecule has 2 atom stereocenters. The lowest BCUT2D eigenvalue weighted by atomic mass is 10.1. The molecule has 1 aliphatic carbocycles. The highest BCUT2D eigenvalue weighted by molar-refractivity contribution is 7.92. The Morgan fingerprint density at radius 2 is 1.80 bits per heavy atom. The number of pyridine rings is 1. The topological polar surface area (TPSA) is 97.4 Å². The van der Waals surface area contributed by atoms with Crippen LogP contribution in [0.15, 0.2) is 78.0 Å². The number of hydrogen-bond acceptors (Lipinski definition) is 5. The van der Waals surface area contributed by atoms with Gasteiger partial charge in [0.05, 0.1) is 30.8 Å². The lowest BCUT2D eigenvalue weighted by Gasteiger charge is -2.13. The van der Waals surface area contributed by atoms with E-state index in [9.17, 15) is 13.2 Å². The van der Waals surface area contributed by atoms with Crippen LogP contribution < -0.4 is 14.8 Å². The number of rotatable bonds is 7. The molecule has 154 valence electrons. The predicted molar refractivity (Wildman–Crippen MR) is 113 cm³/mol. The smallest absolute Gasteiger partial charge is 0.262 e. The van der Waals surface area contributed by atoms with Crippen molar-refractivity contribution in [3.8, 4) is 5.75 Å². The van der Waals surface area contributed by atoms with Crippen LogP contribution in [0.4, 0.5) is 5.69 Å². The molecule has 30 heavy (non-hydrogen) atoms. The fourth-order valence-electron chi connectivity index (χ4n) is 3.35. The Labute approximate surface area is 175 Å². The number of carbonyl (C=O) groups excluding carboxylic acids is 1. The molecule has 2 N–H and O–H groups in total. The summed E-state index contributed by atoms with van der Waals surface area (Å²) in [6, 6.07) is 17.6. The third kappa shape index (κ3) is 4.28. The van der Waals surface area contributed by atoms with Crippen LogP contribution in [0.5, 0.6) is 5.75 Å². The third-order valence-corrected chi connectivity index (χ3v) is 6.40. The summed E-state index contributed by atoms with van der Waals surface area (Å²) in [5, 5.41) is 2.95. The van der Waals surface area contributed by atoms with Gasteiger partial charge in [0.1, 0.15) is 10.6 Å². The van der Waals surface area contributed by atoms with Gasteiger partial charge in [-0.05, 0) is 24.1 Å². The molecule has 1 amide bonds. The van der Waals surface area contributed by atoms with Crippen molar-refractivity contribution in [2.75, 3.05) is 11.8 Å². The maximum atomic E-state index is 13.0. The fourth-order valence-corrected chi connectivity index (χ4v) is 4.59. The highest BCUT2D eigenvalue weighted by atomic mass is 32.2. The highest BCUT2D eigenvalue weighted by Gasteiger charge is 2.40. The van der Waals surface area contributed by atoms with Gasteiger partial charge in [0.15, 0.2) is 0 Å². The molecule has 0 radical (unpaired) electrons. The van der Waals surface area contributed by atoms with E-state index >= 15 is 0 Å². The molecule has 0 saturated heterocycles. The van der Waals surface area contributed by atoms with Gasteiger partial charge in [-0.2, -0.15) is 0 Å². The number of nitrogens with one attached hydrogen (secondary N) is 2. The molecule has 4 rings (SSSR count). The largest absolute Gasteiger partial charge is 0.495 e. The number of benzene rings is 2. The van der Waals surface area contributed by atoms with E-state index in [1.54, 1.807) is 12.1 Å². The number of methoxy groups -OCH3 is 1. The summed E-state index contributed by atoms with van der Waals surface area (Å²) in [6.07, 6.45) is 3.67. The molecule has 1 saturated carbocycles. The van der Waals surface area contributed by atoms with Gasteiger partial charge in [-0.3, -0.25) is 14.5 Å². The van der Waals surface area contributed by atoms with Crippen molar-refractivity contribution in [2.45, 2.75) is 23.3 Å². The Morgan fingerprint density at radius 1 is 1.07 bits per heavy atom. The molecule has 7 nitrogen and oxygen atoms in total. The molecule has 1 aromatic heterocycles. The zero-order valence-electron chi connectivity index (χ0n) is 16.3. The average Bonchev–Trinajstić information content (AvgIpc) is 3.53. The van der Waals surface area contributed by atoms with Crippen LogP contribution in [-0.2, 0) is 10.0 Å². The SMILES string of the molecule is COc1cncc(NS(=O)(=O)c2ccccc2C(=O)NC2CC2c2ccccc2)c1. The summed E-state index contributed by atoms with van der Waals surface area (Å²) in [7, 11) is -2.53. The van der Waals surface area contributed by atoms with E-state index in [-0.39, 0.29) is 28.1 Å².